The first-order valence-electron chi connectivity index (χ1n) is 6.91. The van der Waals surface area contributed by atoms with Crippen LogP contribution in [0.1, 0.15) is 52.9 Å². The molecule has 0 aromatic rings. The van der Waals surface area contributed by atoms with Gasteiger partial charge in [-0.15, -0.1) is 11.6 Å². The molecule has 0 saturated heterocycles. The Labute approximate surface area is 120 Å². The van der Waals surface area contributed by atoms with Gasteiger partial charge < -0.3 is 10.1 Å². The summed E-state index contributed by atoms with van der Waals surface area (Å²) in [6.45, 7) is 5.39. The molecule has 0 bridgehead atoms. The van der Waals surface area contributed by atoms with Crippen LogP contribution in [-0.2, 0) is 9.53 Å². The van der Waals surface area contributed by atoms with Gasteiger partial charge in [-0.25, -0.2) is 4.79 Å². The quantitative estimate of drug-likeness (QED) is 0.808. The number of ether oxygens (including phenoxy) is 1. The second-order valence-corrected chi connectivity index (χ2v) is 6.39. The van der Waals surface area contributed by atoms with Crippen LogP contribution in [0.3, 0.4) is 0 Å². The maximum atomic E-state index is 11.9. The number of amides is 1. The van der Waals surface area contributed by atoms with E-state index in [1.54, 1.807) is 20.8 Å². The van der Waals surface area contributed by atoms with Gasteiger partial charge in [0.2, 0.25) is 0 Å². The monoisotopic (exact) mass is 289 g/mol. The van der Waals surface area contributed by atoms with E-state index in [4.69, 9.17) is 16.3 Å². The fourth-order valence-corrected chi connectivity index (χ4v) is 2.61. The van der Waals surface area contributed by atoms with E-state index >= 15 is 0 Å². The highest BCUT2D eigenvalue weighted by atomic mass is 35.5. The molecule has 0 unspecified atom stereocenters. The third kappa shape index (κ3) is 5.81. The van der Waals surface area contributed by atoms with Crippen molar-refractivity contribution in [2.24, 2.45) is 5.92 Å². The standard InChI is InChI=1S/C14H24ClNO3/c1-14(2,3)19-13(18)16-12(11(17)9-15)10-7-5-4-6-8-10/h10,12H,4-9H2,1-3H3,(H,16,18)/t12-/m0/s1. The molecule has 0 radical (unpaired) electrons. The summed E-state index contributed by atoms with van der Waals surface area (Å²) in [5, 5.41) is 2.70. The predicted molar refractivity (Wildman–Crippen MR) is 75.5 cm³/mol. The van der Waals surface area contributed by atoms with Crippen molar-refractivity contribution in [3.8, 4) is 0 Å². The Balaban J connectivity index is 2.64. The molecule has 0 aromatic carbocycles. The predicted octanol–water partition coefficient (Wildman–Crippen LogP) is 3.27. The van der Waals surface area contributed by atoms with E-state index in [-0.39, 0.29) is 17.6 Å². The molecule has 0 aromatic heterocycles. The number of ketones is 1. The first-order chi connectivity index (χ1) is 8.83. The van der Waals surface area contributed by atoms with E-state index in [1.807, 2.05) is 0 Å². The van der Waals surface area contributed by atoms with Crippen LogP contribution >= 0.6 is 11.6 Å². The Morgan fingerprint density at radius 3 is 2.32 bits per heavy atom. The molecule has 0 spiro atoms. The molecule has 1 aliphatic rings. The molecule has 1 saturated carbocycles. The molecule has 1 amide bonds. The SMILES string of the molecule is CC(C)(C)OC(=O)N[C@H](C(=O)CCl)C1CCCCC1. The number of alkyl halides is 1. The summed E-state index contributed by atoms with van der Waals surface area (Å²) < 4.78 is 5.21. The van der Waals surface area contributed by atoms with E-state index in [0.29, 0.717) is 0 Å². The van der Waals surface area contributed by atoms with E-state index in [2.05, 4.69) is 5.32 Å². The highest BCUT2D eigenvalue weighted by Crippen LogP contribution is 2.27. The van der Waals surface area contributed by atoms with Crippen LogP contribution < -0.4 is 5.32 Å². The number of hydrogen-bond donors (Lipinski definition) is 1. The van der Waals surface area contributed by atoms with E-state index in [0.717, 1.165) is 25.7 Å². The average molecular weight is 290 g/mol. The van der Waals surface area contributed by atoms with Crippen LogP contribution in [-0.4, -0.2) is 29.4 Å². The largest absolute Gasteiger partial charge is 0.444 e. The molecular formula is C14H24ClNO3. The molecule has 1 fully saturated rings. The summed E-state index contributed by atoms with van der Waals surface area (Å²) in [5.41, 5.74) is -0.564. The maximum Gasteiger partial charge on any atom is 0.408 e. The molecule has 110 valence electrons. The van der Waals surface area contributed by atoms with Crippen molar-refractivity contribution in [3.05, 3.63) is 0 Å². The van der Waals surface area contributed by atoms with Crippen LogP contribution in [0.2, 0.25) is 0 Å². The van der Waals surface area contributed by atoms with Crippen LogP contribution in [0.4, 0.5) is 4.79 Å². The van der Waals surface area contributed by atoms with Gasteiger partial charge in [-0.3, -0.25) is 4.79 Å². The zero-order chi connectivity index (χ0) is 14.5. The number of carbonyl (C=O) groups is 2. The minimum Gasteiger partial charge on any atom is -0.444 e. The van der Waals surface area contributed by atoms with Gasteiger partial charge in [-0.05, 0) is 39.5 Å². The smallest absolute Gasteiger partial charge is 0.408 e. The fraction of sp³-hybridized carbons (Fsp3) is 0.857. The lowest BCUT2D eigenvalue weighted by Gasteiger charge is -2.30. The lowest BCUT2D eigenvalue weighted by Crippen LogP contribution is -2.48. The molecule has 19 heavy (non-hydrogen) atoms. The third-order valence-corrected chi connectivity index (χ3v) is 3.54. The first-order valence-corrected chi connectivity index (χ1v) is 7.45. The number of Topliss-reactive ketones (excluding diaryl/α,β-unsaturated/α-hetero) is 1. The number of hydrogen-bond acceptors (Lipinski definition) is 3. The Kier molecular flexibility index (Phi) is 6.11. The fourth-order valence-electron chi connectivity index (χ4n) is 2.45. The van der Waals surface area contributed by atoms with Crippen LogP contribution in [0.25, 0.3) is 0 Å². The summed E-state index contributed by atoms with van der Waals surface area (Å²) in [4.78, 5) is 23.7. The van der Waals surface area contributed by atoms with Gasteiger partial charge in [0.05, 0.1) is 11.9 Å². The number of halogens is 1. The van der Waals surface area contributed by atoms with Gasteiger partial charge in [-0.2, -0.15) is 0 Å². The van der Waals surface area contributed by atoms with Crippen LogP contribution in [0, 0.1) is 5.92 Å². The highest BCUT2D eigenvalue weighted by molar-refractivity contribution is 6.28. The minimum absolute atomic E-state index is 0.0725. The van der Waals surface area contributed by atoms with Crippen molar-refractivity contribution in [1.29, 1.82) is 0 Å². The van der Waals surface area contributed by atoms with Gasteiger partial charge >= 0.3 is 6.09 Å². The number of nitrogens with one attached hydrogen (secondary N) is 1. The van der Waals surface area contributed by atoms with Gasteiger partial charge in [-0.1, -0.05) is 19.3 Å². The second-order valence-electron chi connectivity index (χ2n) is 6.12. The molecule has 1 atom stereocenters. The van der Waals surface area contributed by atoms with Crippen molar-refractivity contribution in [2.75, 3.05) is 5.88 Å². The zero-order valence-electron chi connectivity index (χ0n) is 12.0. The molecule has 1 rings (SSSR count). The van der Waals surface area contributed by atoms with E-state index in [1.165, 1.54) is 6.42 Å². The van der Waals surface area contributed by atoms with Crippen LogP contribution in [0.15, 0.2) is 0 Å². The topological polar surface area (TPSA) is 55.4 Å². The summed E-state index contributed by atoms with van der Waals surface area (Å²) in [7, 11) is 0. The normalized spacial score (nSPS) is 18.7. The average Bonchev–Trinajstić information content (AvgIpc) is 2.34. The maximum absolute atomic E-state index is 11.9. The molecule has 4 nitrogen and oxygen atoms in total. The molecular weight excluding hydrogens is 266 g/mol. The van der Waals surface area contributed by atoms with Crippen molar-refractivity contribution in [3.63, 3.8) is 0 Å². The lowest BCUT2D eigenvalue weighted by atomic mass is 9.82. The Morgan fingerprint density at radius 1 is 1.26 bits per heavy atom. The second kappa shape index (κ2) is 7.13. The zero-order valence-corrected chi connectivity index (χ0v) is 12.8. The lowest BCUT2D eigenvalue weighted by molar-refractivity contribution is -0.120. The molecule has 0 aliphatic heterocycles. The van der Waals surface area contributed by atoms with Gasteiger partial charge in [0.1, 0.15) is 5.60 Å². The number of carbonyl (C=O) groups excluding carboxylic acids is 2. The first kappa shape index (κ1) is 16.3. The molecule has 1 N–H and O–H groups in total. The van der Waals surface area contributed by atoms with E-state index in [9.17, 15) is 9.59 Å². The molecule has 5 heteroatoms. The van der Waals surface area contributed by atoms with Crippen LogP contribution in [0.5, 0.6) is 0 Å². The number of alkyl carbamates (subject to hydrolysis) is 1. The van der Waals surface area contributed by atoms with E-state index < -0.39 is 17.7 Å². The minimum atomic E-state index is -0.564. The third-order valence-electron chi connectivity index (χ3n) is 3.27. The van der Waals surface area contributed by atoms with Gasteiger partial charge in [0.15, 0.2) is 5.78 Å². The van der Waals surface area contributed by atoms with Gasteiger partial charge in [0, 0.05) is 0 Å². The van der Waals surface area contributed by atoms with Crippen molar-refractivity contribution < 1.29 is 14.3 Å². The van der Waals surface area contributed by atoms with Crippen molar-refractivity contribution >= 4 is 23.5 Å². The Hall–Kier alpha value is -0.770. The van der Waals surface area contributed by atoms with Crippen molar-refractivity contribution in [1.82, 2.24) is 5.32 Å². The Morgan fingerprint density at radius 2 is 1.84 bits per heavy atom. The Bertz CT molecular complexity index is 319. The summed E-state index contributed by atoms with van der Waals surface area (Å²) >= 11 is 5.64. The summed E-state index contributed by atoms with van der Waals surface area (Å²) in [6.07, 6.45) is 4.79. The van der Waals surface area contributed by atoms with Gasteiger partial charge in [0.25, 0.3) is 0 Å². The summed E-state index contributed by atoms with van der Waals surface area (Å²) in [5.74, 6) is -0.0105. The number of rotatable bonds is 4. The molecule has 1 aliphatic carbocycles. The van der Waals surface area contributed by atoms with Crippen molar-refractivity contribution in [2.45, 2.75) is 64.5 Å². The molecule has 0 heterocycles. The highest BCUT2D eigenvalue weighted by Gasteiger charge is 2.31. The summed E-state index contributed by atoms with van der Waals surface area (Å²) in [6, 6.07) is -0.507.